The Bertz CT molecular complexity index is 1150. The molecular weight excluding hydrogens is 312 g/mol. The first-order chi connectivity index (χ1) is 12.1. The lowest BCUT2D eigenvalue weighted by Crippen LogP contribution is -1.91. The highest BCUT2D eigenvalue weighted by molar-refractivity contribution is 6.11. The molecule has 0 radical (unpaired) electrons. The Kier molecular flexibility index (Phi) is 3.40. The molecule has 0 amide bonds. The average molecular weight is 328 g/mol. The quantitative estimate of drug-likeness (QED) is 0.558. The Morgan fingerprint density at radius 3 is 2.60 bits per heavy atom. The number of nitriles is 1. The normalized spacial score (nSPS) is 11.0. The highest BCUT2D eigenvalue weighted by atomic mass is 16.5. The van der Waals surface area contributed by atoms with Gasteiger partial charge < -0.3 is 4.74 Å². The molecule has 0 saturated carbocycles. The van der Waals surface area contributed by atoms with Crippen LogP contribution in [0.2, 0.25) is 0 Å². The summed E-state index contributed by atoms with van der Waals surface area (Å²) in [6.07, 6.45) is 1.84. The number of pyridine rings is 1. The van der Waals surface area contributed by atoms with E-state index in [2.05, 4.69) is 17.1 Å². The van der Waals surface area contributed by atoms with Gasteiger partial charge in [0.2, 0.25) is 0 Å². The number of nitrogens with zero attached hydrogens (tertiary/aromatic N) is 4. The maximum Gasteiger partial charge on any atom is 0.123 e. The Balaban J connectivity index is 2.07. The van der Waals surface area contributed by atoms with Gasteiger partial charge in [0.05, 0.1) is 36.0 Å². The molecule has 4 aromatic rings. The van der Waals surface area contributed by atoms with Gasteiger partial charge in [-0.25, -0.2) is 0 Å². The molecule has 0 aliphatic rings. The Hall–Kier alpha value is -3.39. The summed E-state index contributed by atoms with van der Waals surface area (Å²) in [5, 5.41) is 15.8. The molecule has 0 aliphatic carbocycles. The first-order valence-corrected chi connectivity index (χ1v) is 7.93. The Labute approximate surface area is 145 Å². The number of hydrogen-bond donors (Lipinski definition) is 0. The first kappa shape index (κ1) is 15.2. The largest absolute Gasteiger partial charge is 0.496 e. The van der Waals surface area contributed by atoms with E-state index in [1.165, 1.54) is 0 Å². The Morgan fingerprint density at radius 2 is 1.92 bits per heavy atom. The molecule has 0 unspecified atom stereocenters. The predicted octanol–water partition coefficient (Wildman–Crippen LogP) is 3.98. The molecule has 0 N–H and O–H groups in total. The van der Waals surface area contributed by atoms with E-state index in [0.717, 1.165) is 44.4 Å². The molecule has 0 atom stereocenters. The lowest BCUT2D eigenvalue weighted by Gasteiger charge is -2.08. The summed E-state index contributed by atoms with van der Waals surface area (Å²) in [7, 11) is 3.58. The van der Waals surface area contributed by atoms with Crippen molar-refractivity contribution >= 4 is 21.8 Å². The number of ether oxygens (including phenoxy) is 1. The van der Waals surface area contributed by atoms with Crippen molar-refractivity contribution in [3.63, 3.8) is 0 Å². The van der Waals surface area contributed by atoms with E-state index in [1.54, 1.807) is 7.11 Å². The molecule has 5 nitrogen and oxygen atoms in total. The number of methoxy groups -OCH3 is 1. The smallest absolute Gasteiger partial charge is 0.123 e. The van der Waals surface area contributed by atoms with Crippen LogP contribution >= 0.6 is 0 Å². The van der Waals surface area contributed by atoms with Gasteiger partial charge in [-0.2, -0.15) is 10.4 Å². The standard InChI is InChI=1S/C20H16N4O/c1-12-8-15-16(9-18(12)25-3)22-11-17-19(15)20(23-24(17)2)14-6-4-13(10-21)5-7-14/h4-9,11H,1-3H3. The van der Waals surface area contributed by atoms with Crippen LogP contribution in [0.25, 0.3) is 33.1 Å². The fourth-order valence-electron chi connectivity index (χ4n) is 3.19. The van der Waals surface area contributed by atoms with Gasteiger partial charge >= 0.3 is 0 Å². The Morgan fingerprint density at radius 1 is 1.16 bits per heavy atom. The molecule has 4 rings (SSSR count). The van der Waals surface area contributed by atoms with Gasteiger partial charge in [-0.3, -0.25) is 9.67 Å². The minimum absolute atomic E-state index is 0.635. The van der Waals surface area contributed by atoms with E-state index in [4.69, 9.17) is 15.1 Å². The van der Waals surface area contributed by atoms with Crippen molar-refractivity contribution in [3.8, 4) is 23.1 Å². The third-order valence-electron chi connectivity index (χ3n) is 4.49. The minimum atomic E-state index is 0.635. The third kappa shape index (κ3) is 2.31. The van der Waals surface area contributed by atoms with Crippen LogP contribution in [0, 0.1) is 18.3 Å². The van der Waals surface area contributed by atoms with Crippen LogP contribution in [0.1, 0.15) is 11.1 Å². The van der Waals surface area contributed by atoms with Crippen LogP contribution in [-0.2, 0) is 7.05 Å². The molecule has 2 heterocycles. The lowest BCUT2D eigenvalue weighted by molar-refractivity contribution is 0.412. The van der Waals surface area contributed by atoms with Crippen LogP contribution in [0.15, 0.2) is 42.6 Å². The van der Waals surface area contributed by atoms with Gasteiger partial charge in [0.25, 0.3) is 0 Å². The van der Waals surface area contributed by atoms with Crippen LogP contribution in [0.5, 0.6) is 5.75 Å². The second kappa shape index (κ2) is 5.60. The zero-order chi connectivity index (χ0) is 17.6. The second-order valence-corrected chi connectivity index (χ2v) is 6.02. The maximum atomic E-state index is 9.01. The van der Waals surface area contributed by atoms with E-state index in [-0.39, 0.29) is 0 Å². The van der Waals surface area contributed by atoms with E-state index >= 15 is 0 Å². The summed E-state index contributed by atoms with van der Waals surface area (Å²) in [6, 6.07) is 13.7. The summed E-state index contributed by atoms with van der Waals surface area (Å²) in [4.78, 5) is 4.57. The van der Waals surface area contributed by atoms with Crippen LogP contribution in [-0.4, -0.2) is 21.9 Å². The van der Waals surface area contributed by atoms with Crippen LogP contribution in [0.3, 0.4) is 0 Å². The number of benzene rings is 2. The summed E-state index contributed by atoms with van der Waals surface area (Å²) in [5.74, 6) is 0.822. The zero-order valence-corrected chi connectivity index (χ0v) is 14.2. The summed E-state index contributed by atoms with van der Waals surface area (Å²) in [6.45, 7) is 2.02. The fourth-order valence-corrected chi connectivity index (χ4v) is 3.19. The van der Waals surface area contributed by atoms with Crippen molar-refractivity contribution in [2.75, 3.05) is 7.11 Å². The van der Waals surface area contributed by atoms with E-state index < -0.39 is 0 Å². The van der Waals surface area contributed by atoms with Crippen molar-refractivity contribution < 1.29 is 4.74 Å². The van der Waals surface area contributed by atoms with Crippen molar-refractivity contribution in [1.29, 1.82) is 5.26 Å². The van der Waals surface area contributed by atoms with Gasteiger partial charge in [-0.05, 0) is 30.7 Å². The first-order valence-electron chi connectivity index (χ1n) is 7.93. The maximum absolute atomic E-state index is 9.01. The molecule has 0 aliphatic heterocycles. The number of aromatic nitrogens is 3. The average Bonchev–Trinajstić information content (AvgIpc) is 2.98. The summed E-state index contributed by atoms with van der Waals surface area (Å²) < 4.78 is 7.26. The van der Waals surface area contributed by atoms with Gasteiger partial charge in [-0.1, -0.05) is 12.1 Å². The SMILES string of the molecule is COc1cc2ncc3c(c(-c4ccc(C#N)cc4)nn3C)c2cc1C. The van der Waals surface area contributed by atoms with Crippen LogP contribution in [0.4, 0.5) is 0 Å². The minimum Gasteiger partial charge on any atom is -0.496 e. The molecule has 2 aromatic heterocycles. The van der Waals surface area contributed by atoms with Crippen molar-refractivity contribution in [2.24, 2.45) is 7.05 Å². The fraction of sp³-hybridized carbons (Fsp3) is 0.150. The number of aryl methyl sites for hydroxylation is 2. The highest BCUT2D eigenvalue weighted by Crippen LogP contribution is 2.35. The molecule has 0 fully saturated rings. The molecular formula is C20H16N4O. The lowest BCUT2D eigenvalue weighted by atomic mass is 10.0. The summed E-state index contributed by atoms with van der Waals surface area (Å²) in [5.41, 5.74) is 5.40. The third-order valence-corrected chi connectivity index (χ3v) is 4.49. The summed E-state index contributed by atoms with van der Waals surface area (Å²) >= 11 is 0. The molecule has 5 heteroatoms. The zero-order valence-electron chi connectivity index (χ0n) is 14.2. The molecule has 2 aromatic carbocycles. The molecule has 122 valence electrons. The predicted molar refractivity (Wildman–Crippen MR) is 97.5 cm³/mol. The van der Waals surface area contributed by atoms with Gasteiger partial charge in [0.1, 0.15) is 11.4 Å². The second-order valence-electron chi connectivity index (χ2n) is 6.02. The van der Waals surface area contributed by atoms with E-state index in [9.17, 15) is 0 Å². The van der Waals surface area contributed by atoms with Crippen molar-refractivity contribution in [3.05, 3.63) is 53.7 Å². The number of fused-ring (bicyclic) bond motifs is 3. The van der Waals surface area contributed by atoms with Crippen molar-refractivity contribution in [1.82, 2.24) is 14.8 Å². The van der Waals surface area contributed by atoms with Gasteiger partial charge in [-0.15, -0.1) is 0 Å². The van der Waals surface area contributed by atoms with Crippen LogP contribution < -0.4 is 4.74 Å². The monoisotopic (exact) mass is 328 g/mol. The number of hydrogen-bond acceptors (Lipinski definition) is 4. The van der Waals surface area contributed by atoms with E-state index in [0.29, 0.717) is 5.56 Å². The molecule has 0 bridgehead atoms. The number of rotatable bonds is 2. The molecule has 25 heavy (non-hydrogen) atoms. The highest BCUT2D eigenvalue weighted by Gasteiger charge is 2.16. The van der Waals surface area contributed by atoms with Crippen molar-refractivity contribution in [2.45, 2.75) is 6.92 Å². The molecule has 0 saturated heterocycles. The molecule has 0 spiro atoms. The van der Waals surface area contributed by atoms with Gasteiger partial charge in [0.15, 0.2) is 0 Å². The van der Waals surface area contributed by atoms with Gasteiger partial charge in [0, 0.05) is 29.4 Å². The van der Waals surface area contributed by atoms with E-state index in [1.807, 2.05) is 55.2 Å². The topological polar surface area (TPSA) is 63.7 Å².